The minimum absolute atomic E-state index is 0.00278. The number of carbonyl (C=O) groups excluding carboxylic acids is 1. The average Bonchev–Trinajstić information content (AvgIpc) is 2.45. The van der Waals surface area contributed by atoms with Gasteiger partial charge >= 0.3 is 0 Å². The van der Waals surface area contributed by atoms with Gasteiger partial charge in [0.1, 0.15) is 5.75 Å². The number of hydrogen-bond acceptors (Lipinski definition) is 3. The van der Waals surface area contributed by atoms with Gasteiger partial charge in [0, 0.05) is 5.71 Å². The van der Waals surface area contributed by atoms with E-state index in [0.717, 1.165) is 37.3 Å². The molecule has 0 radical (unpaired) electrons. The summed E-state index contributed by atoms with van der Waals surface area (Å²) < 4.78 is 5.34. The molecule has 4 heteroatoms. The van der Waals surface area contributed by atoms with Crippen molar-refractivity contribution in [2.75, 3.05) is 6.61 Å². The molecule has 1 N–H and O–H groups in total. The standard InChI is InChI=1S/C15H20N2O2/c1-12-7-9-13(10-8-12)16-17-15(18)11-19-14-5-3-2-4-6-14/h2-6,12H,7-11H2,1H3,(H,17,18). The predicted octanol–water partition coefficient (Wildman–Crippen LogP) is 2.75. The van der Waals surface area contributed by atoms with E-state index >= 15 is 0 Å². The predicted molar refractivity (Wildman–Crippen MR) is 75.1 cm³/mol. The molecule has 1 amide bonds. The zero-order chi connectivity index (χ0) is 13.5. The molecule has 0 unspecified atom stereocenters. The van der Waals surface area contributed by atoms with Crippen LogP contribution in [0.25, 0.3) is 0 Å². The molecule has 1 aromatic rings. The Morgan fingerprint density at radius 2 is 2.00 bits per heavy atom. The number of benzene rings is 1. The largest absolute Gasteiger partial charge is 0.484 e. The maximum atomic E-state index is 11.6. The maximum Gasteiger partial charge on any atom is 0.277 e. The van der Waals surface area contributed by atoms with Crippen LogP contribution in [0.15, 0.2) is 35.4 Å². The van der Waals surface area contributed by atoms with Crippen molar-refractivity contribution < 1.29 is 9.53 Å². The normalized spacial score (nSPS) is 18.8. The van der Waals surface area contributed by atoms with Crippen molar-refractivity contribution in [1.29, 1.82) is 0 Å². The summed E-state index contributed by atoms with van der Waals surface area (Å²) in [6.45, 7) is 2.25. The smallest absolute Gasteiger partial charge is 0.277 e. The molecule has 0 heterocycles. The third-order valence-corrected chi connectivity index (χ3v) is 3.30. The third kappa shape index (κ3) is 4.73. The molecule has 4 nitrogen and oxygen atoms in total. The van der Waals surface area contributed by atoms with Gasteiger partial charge in [0.2, 0.25) is 0 Å². The number of para-hydroxylation sites is 1. The summed E-state index contributed by atoms with van der Waals surface area (Å²) >= 11 is 0. The Bertz CT molecular complexity index is 433. The minimum atomic E-state index is -0.213. The fraction of sp³-hybridized carbons (Fsp3) is 0.467. The van der Waals surface area contributed by atoms with Gasteiger partial charge < -0.3 is 4.74 Å². The molecule has 1 aliphatic carbocycles. The molecule has 19 heavy (non-hydrogen) atoms. The monoisotopic (exact) mass is 260 g/mol. The first-order chi connectivity index (χ1) is 9.24. The van der Waals surface area contributed by atoms with Gasteiger partial charge in [-0.1, -0.05) is 25.1 Å². The van der Waals surface area contributed by atoms with Crippen molar-refractivity contribution >= 4 is 11.6 Å². The fourth-order valence-corrected chi connectivity index (χ4v) is 2.05. The molecule has 1 saturated carbocycles. The second-order valence-corrected chi connectivity index (χ2v) is 5.00. The second-order valence-electron chi connectivity index (χ2n) is 5.00. The van der Waals surface area contributed by atoms with E-state index in [1.165, 1.54) is 0 Å². The zero-order valence-electron chi connectivity index (χ0n) is 11.3. The quantitative estimate of drug-likeness (QED) is 0.846. The minimum Gasteiger partial charge on any atom is -0.484 e. The first-order valence-electron chi connectivity index (χ1n) is 6.76. The van der Waals surface area contributed by atoms with Gasteiger partial charge in [-0.2, -0.15) is 5.10 Å². The van der Waals surface area contributed by atoms with Gasteiger partial charge in [0.15, 0.2) is 6.61 Å². The lowest BCUT2D eigenvalue weighted by Crippen LogP contribution is -2.26. The van der Waals surface area contributed by atoms with E-state index in [0.29, 0.717) is 5.75 Å². The van der Waals surface area contributed by atoms with Gasteiger partial charge in [0.25, 0.3) is 5.91 Å². The molecule has 1 aliphatic rings. The molecule has 0 aromatic heterocycles. The topological polar surface area (TPSA) is 50.7 Å². The Morgan fingerprint density at radius 3 is 2.68 bits per heavy atom. The van der Waals surface area contributed by atoms with E-state index < -0.39 is 0 Å². The fourth-order valence-electron chi connectivity index (χ4n) is 2.05. The highest BCUT2D eigenvalue weighted by Gasteiger charge is 2.13. The number of rotatable bonds is 4. The Kier molecular flexibility index (Phi) is 4.95. The summed E-state index contributed by atoms with van der Waals surface area (Å²) in [6.07, 6.45) is 4.30. The summed E-state index contributed by atoms with van der Waals surface area (Å²) in [5.41, 5.74) is 3.65. The van der Waals surface area contributed by atoms with E-state index in [4.69, 9.17) is 4.74 Å². The highest BCUT2D eigenvalue weighted by Crippen LogP contribution is 2.20. The molecule has 1 fully saturated rings. The molecule has 0 spiro atoms. The van der Waals surface area contributed by atoms with Gasteiger partial charge in [-0.25, -0.2) is 5.43 Å². The lowest BCUT2D eigenvalue weighted by Gasteiger charge is -2.18. The van der Waals surface area contributed by atoms with Crippen molar-refractivity contribution in [1.82, 2.24) is 5.43 Å². The zero-order valence-corrected chi connectivity index (χ0v) is 11.3. The van der Waals surface area contributed by atoms with Gasteiger partial charge in [0.05, 0.1) is 0 Å². The van der Waals surface area contributed by atoms with Crippen molar-refractivity contribution in [3.8, 4) is 5.75 Å². The highest BCUT2D eigenvalue weighted by molar-refractivity contribution is 5.87. The molecule has 1 aromatic carbocycles. The number of ether oxygens (including phenoxy) is 1. The van der Waals surface area contributed by atoms with E-state index in [9.17, 15) is 4.79 Å². The van der Waals surface area contributed by atoms with Crippen LogP contribution in [0.3, 0.4) is 0 Å². The second kappa shape index (κ2) is 6.92. The van der Waals surface area contributed by atoms with Crippen molar-refractivity contribution in [2.24, 2.45) is 11.0 Å². The third-order valence-electron chi connectivity index (χ3n) is 3.30. The maximum absolute atomic E-state index is 11.6. The Balaban J connectivity index is 1.71. The SMILES string of the molecule is CC1CCC(=NNC(=O)COc2ccccc2)CC1. The van der Waals surface area contributed by atoms with Crippen LogP contribution in [0.1, 0.15) is 32.6 Å². The molecule has 102 valence electrons. The summed E-state index contributed by atoms with van der Waals surface area (Å²) in [5, 5.41) is 4.17. The van der Waals surface area contributed by atoms with Crippen LogP contribution < -0.4 is 10.2 Å². The van der Waals surface area contributed by atoms with Gasteiger partial charge in [-0.05, 0) is 43.7 Å². The molecule has 0 saturated heterocycles. The molecular weight excluding hydrogens is 240 g/mol. The van der Waals surface area contributed by atoms with Crippen LogP contribution in [-0.2, 0) is 4.79 Å². The summed E-state index contributed by atoms with van der Waals surface area (Å²) in [5.74, 6) is 1.25. The van der Waals surface area contributed by atoms with Crippen LogP contribution >= 0.6 is 0 Å². The van der Waals surface area contributed by atoms with E-state index in [1.54, 1.807) is 0 Å². The highest BCUT2D eigenvalue weighted by atomic mass is 16.5. The van der Waals surface area contributed by atoms with Gasteiger partial charge in [-0.3, -0.25) is 4.79 Å². The first-order valence-corrected chi connectivity index (χ1v) is 6.76. The number of nitrogens with zero attached hydrogens (tertiary/aromatic N) is 1. The Hall–Kier alpha value is -1.84. The first kappa shape index (κ1) is 13.6. The summed E-state index contributed by atoms with van der Waals surface area (Å²) in [4.78, 5) is 11.6. The van der Waals surface area contributed by atoms with Crippen LogP contribution in [0.2, 0.25) is 0 Å². The van der Waals surface area contributed by atoms with E-state index in [1.807, 2.05) is 30.3 Å². The molecule has 0 bridgehead atoms. The lowest BCUT2D eigenvalue weighted by atomic mass is 9.90. The van der Waals surface area contributed by atoms with Crippen LogP contribution in [0, 0.1) is 5.92 Å². The number of hydrogen-bond donors (Lipinski definition) is 1. The number of amides is 1. The lowest BCUT2D eigenvalue weighted by molar-refractivity contribution is -0.123. The number of nitrogens with one attached hydrogen (secondary N) is 1. The molecular formula is C15H20N2O2. The van der Waals surface area contributed by atoms with Crippen LogP contribution in [-0.4, -0.2) is 18.2 Å². The van der Waals surface area contributed by atoms with Crippen LogP contribution in [0.4, 0.5) is 0 Å². The Morgan fingerprint density at radius 1 is 1.32 bits per heavy atom. The summed E-state index contributed by atoms with van der Waals surface area (Å²) in [7, 11) is 0. The average molecular weight is 260 g/mol. The Labute approximate surface area is 113 Å². The van der Waals surface area contributed by atoms with E-state index in [-0.39, 0.29) is 12.5 Å². The van der Waals surface area contributed by atoms with Crippen molar-refractivity contribution in [2.45, 2.75) is 32.6 Å². The van der Waals surface area contributed by atoms with Crippen molar-refractivity contribution in [3.63, 3.8) is 0 Å². The van der Waals surface area contributed by atoms with E-state index in [2.05, 4.69) is 17.5 Å². The van der Waals surface area contributed by atoms with Gasteiger partial charge in [-0.15, -0.1) is 0 Å². The number of carbonyl (C=O) groups is 1. The molecule has 0 aliphatic heterocycles. The molecule has 2 rings (SSSR count). The van der Waals surface area contributed by atoms with Crippen molar-refractivity contribution in [3.05, 3.63) is 30.3 Å². The summed E-state index contributed by atoms with van der Waals surface area (Å²) in [6, 6.07) is 9.29. The van der Waals surface area contributed by atoms with Crippen LogP contribution in [0.5, 0.6) is 5.75 Å². The molecule has 0 atom stereocenters. The number of hydrazone groups is 1.